The van der Waals surface area contributed by atoms with Crippen LogP contribution >= 0.6 is 0 Å². The number of hydrogen-bond donors (Lipinski definition) is 3. The van der Waals surface area contributed by atoms with E-state index in [4.69, 9.17) is 20.1 Å². The summed E-state index contributed by atoms with van der Waals surface area (Å²) in [6.07, 6.45) is 8.17. The number of ether oxygens (including phenoxy) is 1. The van der Waals surface area contributed by atoms with Crippen LogP contribution in [-0.4, -0.2) is 62.9 Å². The minimum Gasteiger partial charge on any atom is -0.363 e. The van der Waals surface area contributed by atoms with Crippen LogP contribution in [0.2, 0.25) is 0 Å². The molecule has 7 nitrogen and oxygen atoms in total. The number of likely N-dealkylation sites (N-methyl/N-ethyl adjacent to an activating group) is 1. The number of morpholine rings is 1. The summed E-state index contributed by atoms with van der Waals surface area (Å²) < 4.78 is 35.8. The summed E-state index contributed by atoms with van der Waals surface area (Å²) in [4.78, 5) is -0.159. The van der Waals surface area contributed by atoms with Crippen molar-refractivity contribution in [1.82, 2.24) is 0 Å². The molecule has 162 valence electrons. The predicted molar refractivity (Wildman–Crippen MR) is 114 cm³/mol. The first kappa shape index (κ1) is 23.7. The Morgan fingerprint density at radius 1 is 1.24 bits per heavy atom. The van der Waals surface area contributed by atoms with E-state index in [0.29, 0.717) is 12.2 Å². The van der Waals surface area contributed by atoms with Crippen molar-refractivity contribution in [2.45, 2.75) is 43.9 Å². The van der Waals surface area contributed by atoms with Crippen molar-refractivity contribution in [3.8, 4) is 0 Å². The molecule has 1 saturated carbocycles. The number of quaternary nitrogens is 1. The van der Waals surface area contributed by atoms with E-state index in [9.17, 15) is 8.42 Å². The summed E-state index contributed by atoms with van der Waals surface area (Å²) in [5.74, 6) is 2.41. The third kappa shape index (κ3) is 6.99. The Hall–Kier alpha value is -1.61. The van der Waals surface area contributed by atoms with Gasteiger partial charge in [0.2, 0.25) is 5.84 Å². The van der Waals surface area contributed by atoms with E-state index in [1.165, 1.54) is 56.4 Å². The van der Waals surface area contributed by atoms with E-state index in [1.807, 2.05) is 0 Å². The van der Waals surface area contributed by atoms with E-state index in [2.05, 4.69) is 14.0 Å². The van der Waals surface area contributed by atoms with Crippen molar-refractivity contribution in [3.63, 3.8) is 0 Å². The van der Waals surface area contributed by atoms with Crippen LogP contribution in [0.15, 0.2) is 29.2 Å². The van der Waals surface area contributed by atoms with E-state index in [1.54, 1.807) is 0 Å². The fraction of sp³-hybridized carbons (Fsp3) is 0.619. The summed E-state index contributed by atoms with van der Waals surface area (Å²) in [5, 5.41) is 14.9. The van der Waals surface area contributed by atoms with Gasteiger partial charge in [0.25, 0.3) is 10.1 Å². The Kier molecular flexibility index (Phi) is 8.51. The lowest BCUT2D eigenvalue weighted by Gasteiger charge is -2.40. The molecular weight excluding hydrogens is 390 g/mol. The summed E-state index contributed by atoms with van der Waals surface area (Å²) in [6.45, 7) is 5.86. The van der Waals surface area contributed by atoms with Crippen LogP contribution in [0.5, 0.6) is 0 Å². The van der Waals surface area contributed by atoms with Crippen molar-refractivity contribution in [1.29, 1.82) is 10.8 Å². The smallest absolute Gasteiger partial charge is 0.294 e. The van der Waals surface area contributed by atoms with E-state index < -0.39 is 10.1 Å². The molecular formula is C21H34N3O4S+. The molecule has 0 bridgehead atoms. The fourth-order valence-corrected chi connectivity index (χ4v) is 4.63. The molecule has 2 aliphatic rings. The number of nitrogens with zero attached hydrogens (tertiary/aromatic N) is 1. The maximum Gasteiger partial charge on any atom is 0.294 e. The van der Waals surface area contributed by atoms with Crippen molar-refractivity contribution in [2.75, 3.05) is 33.4 Å². The molecule has 1 saturated heterocycles. The van der Waals surface area contributed by atoms with Crippen molar-refractivity contribution in [2.24, 2.45) is 11.8 Å². The minimum atomic E-state index is -4.10. The van der Waals surface area contributed by atoms with Crippen molar-refractivity contribution < 1.29 is 22.2 Å². The molecule has 1 aliphatic heterocycles. The van der Waals surface area contributed by atoms with Gasteiger partial charge in [-0.3, -0.25) is 14.4 Å². The Balaban J connectivity index is 0.000000221. The highest BCUT2D eigenvalue weighted by Gasteiger charge is 2.35. The molecule has 3 N–H and O–H groups in total. The minimum absolute atomic E-state index is 0.159. The van der Waals surface area contributed by atoms with Gasteiger partial charge in [0, 0.05) is 12.1 Å². The fourth-order valence-electron chi connectivity index (χ4n) is 4.15. The lowest BCUT2D eigenvalue weighted by atomic mass is 9.80. The van der Waals surface area contributed by atoms with Gasteiger partial charge in [-0.05, 0) is 36.5 Å². The number of nitrogens with one attached hydrogen (secondary N) is 2. The summed E-state index contributed by atoms with van der Waals surface area (Å²) >= 11 is 0. The Morgan fingerprint density at radius 3 is 2.38 bits per heavy atom. The summed E-state index contributed by atoms with van der Waals surface area (Å²) in [6, 6.07) is 5.37. The van der Waals surface area contributed by atoms with E-state index in [-0.39, 0.29) is 4.90 Å². The molecule has 1 heterocycles. The highest BCUT2D eigenvalue weighted by Crippen LogP contribution is 2.31. The maximum absolute atomic E-state index is 10.5. The summed E-state index contributed by atoms with van der Waals surface area (Å²) in [7, 11) is -1.89. The van der Waals surface area contributed by atoms with Crippen LogP contribution in [0.25, 0.3) is 0 Å². The Bertz CT molecular complexity index is 789. The van der Waals surface area contributed by atoms with Crippen LogP contribution in [0, 0.1) is 22.7 Å². The Morgan fingerprint density at radius 2 is 1.86 bits per heavy atom. The molecule has 0 aromatic heterocycles. The van der Waals surface area contributed by atoms with Gasteiger partial charge in [-0.15, -0.1) is 0 Å². The third-order valence-electron chi connectivity index (χ3n) is 6.11. The molecule has 1 aliphatic carbocycles. The molecule has 29 heavy (non-hydrogen) atoms. The van der Waals surface area contributed by atoms with Crippen LogP contribution in [0.3, 0.4) is 0 Å². The monoisotopic (exact) mass is 424 g/mol. The molecule has 0 amide bonds. The average molecular weight is 425 g/mol. The zero-order valence-electron chi connectivity index (χ0n) is 17.4. The van der Waals surface area contributed by atoms with Gasteiger partial charge in [-0.2, -0.15) is 8.42 Å². The molecule has 8 heteroatoms. The average Bonchev–Trinajstić information content (AvgIpc) is 2.71. The molecule has 2 fully saturated rings. The highest BCUT2D eigenvalue weighted by atomic mass is 32.2. The Labute approximate surface area is 174 Å². The first-order valence-electron chi connectivity index (χ1n) is 10.2. The van der Waals surface area contributed by atoms with Crippen LogP contribution < -0.4 is 0 Å². The quantitative estimate of drug-likeness (QED) is 0.381. The second-order valence-electron chi connectivity index (χ2n) is 8.37. The van der Waals surface area contributed by atoms with Crippen LogP contribution in [0.1, 0.15) is 44.6 Å². The summed E-state index contributed by atoms with van der Waals surface area (Å²) in [5.41, 5.74) is 0.586. The topological polar surface area (TPSA) is 111 Å². The van der Waals surface area contributed by atoms with Gasteiger partial charge in [0.15, 0.2) is 0 Å². The molecule has 3 rings (SSSR count). The van der Waals surface area contributed by atoms with Crippen molar-refractivity contribution >= 4 is 22.2 Å². The number of amidine groups is 1. The van der Waals surface area contributed by atoms with Gasteiger partial charge >= 0.3 is 0 Å². The van der Waals surface area contributed by atoms with Gasteiger partial charge in [0.05, 0.1) is 25.1 Å². The van der Waals surface area contributed by atoms with Gasteiger partial charge in [-0.1, -0.05) is 38.3 Å². The van der Waals surface area contributed by atoms with E-state index in [0.717, 1.165) is 48.1 Å². The number of benzene rings is 1. The molecule has 1 aromatic carbocycles. The van der Waals surface area contributed by atoms with Crippen molar-refractivity contribution in [3.05, 3.63) is 29.8 Å². The van der Waals surface area contributed by atoms with Crippen LogP contribution in [0.4, 0.5) is 0 Å². The molecule has 0 radical (unpaired) electrons. The second kappa shape index (κ2) is 10.4. The van der Waals surface area contributed by atoms with Gasteiger partial charge < -0.3 is 10.1 Å². The van der Waals surface area contributed by atoms with Gasteiger partial charge in [0.1, 0.15) is 13.2 Å². The molecule has 2 unspecified atom stereocenters. The first-order valence-corrected chi connectivity index (χ1v) is 11.7. The maximum atomic E-state index is 10.5. The lowest BCUT2D eigenvalue weighted by molar-refractivity contribution is -0.833. The number of hydrogen-bond acceptors (Lipinski definition) is 5. The number of rotatable bonds is 5. The molecule has 1 aromatic rings. The standard InChI is InChI=1S/C14H27N2O.C7H7NO3S/c1-12(13-6-4-3-5-7-13)10-16(2)8-9-17-11-14(16)15;8-5-6-1-3-7(4-2-6)12(9,10)11/h12-13,15H,3-11H2,1-2H3;1-5,8H,(H,9,10,11)/q+1;. The zero-order chi connectivity index (χ0) is 21.5. The van der Waals surface area contributed by atoms with E-state index >= 15 is 0 Å². The highest BCUT2D eigenvalue weighted by molar-refractivity contribution is 7.85. The zero-order valence-corrected chi connectivity index (χ0v) is 18.2. The van der Waals surface area contributed by atoms with Crippen LogP contribution in [-0.2, 0) is 14.9 Å². The second-order valence-corrected chi connectivity index (χ2v) is 9.79. The largest absolute Gasteiger partial charge is 0.363 e. The van der Waals surface area contributed by atoms with Gasteiger partial charge in [-0.25, -0.2) is 0 Å². The lowest BCUT2D eigenvalue weighted by Crippen LogP contribution is -2.58. The normalized spacial score (nSPS) is 24.3. The molecule has 2 atom stereocenters. The third-order valence-corrected chi connectivity index (χ3v) is 6.98. The predicted octanol–water partition coefficient (Wildman–Crippen LogP) is 3.59. The molecule has 0 spiro atoms. The first-order chi connectivity index (χ1) is 13.7. The SMILES string of the molecule is CC(C[N+]1(C)CCOCC1=N)C1CCCCC1.N=Cc1ccc(S(=O)(=O)O)cc1.